The Bertz CT molecular complexity index is 533. The fraction of sp³-hybridized carbons (Fsp3) is 0.500. The van der Waals surface area contributed by atoms with Crippen LogP contribution in [0, 0.1) is 12.8 Å². The number of aromatic hydroxyl groups is 1. The summed E-state index contributed by atoms with van der Waals surface area (Å²) in [5.74, 6) is -0.334. The molecule has 2 N–H and O–H groups in total. The second kappa shape index (κ2) is 6.61. The van der Waals surface area contributed by atoms with Crippen LogP contribution < -0.4 is 0 Å². The van der Waals surface area contributed by atoms with Crippen LogP contribution in [0.1, 0.15) is 41.6 Å². The first-order valence-electron chi connectivity index (χ1n) is 7.28. The summed E-state index contributed by atoms with van der Waals surface area (Å²) in [5, 5.41) is 18.2. The normalized spacial score (nSPS) is 16.0. The lowest BCUT2D eigenvalue weighted by Crippen LogP contribution is -2.38. The van der Waals surface area contributed by atoms with Crippen molar-refractivity contribution in [1.82, 2.24) is 4.90 Å². The molecule has 0 unspecified atom stereocenters. The third kappa shape index (κ3) is 3.97. The number of carboxylic acid groups (broad SMARTS) is 1. The van der Waals surface area contributed by atoms with Gasteiger partial charge in [-0.15, -0.1) is 0 Å². The van der Waals surface area contributed by atoms with Crippen LogP contribution in [0.4, 0.5) is 0 Å². The molecule has 1 saturated heterocycles. The van der Waals surface area contributed by atoms with Gasteiger partial charge in [0.15, 0.2) is 0 Å². The van der Waals surface area contributed by atoms with Crippen LogP contribution in [-0.4, -0.2) is 40.1 Å². The molecule has 114 valence electrons. The van der Waals surface area contributed by atoms with Gasteiger partial charge in [-0.2, -0.15) is 0 Å². The van der Waals surface area contributed by atoms with E-state index in [1.54, 1.807) is 17.0 Å². The monoisotopic (exact) mass is 291 g/mol. The summed E-state index contributed by atoms with van der Waals surface area (Å²) in [4.78, 5) is 24.8. The van der Waals surface area contributed by atoms with Crippen LogP contribution in [-0.2, 0) is 4.79 Å². The van der Waals surface area contributed by atoms with Crippen LogP contribution in [0.2, 0.25) is 0 Å². The number of carbonyl (C=O) groups is 2. The molecule has 0 bridgehead atoms. The summed E-state index contributed by atoms with van der Waals surface area (Å²) in [7, 11) is 0. The van der Waals surface area contributed by atoms with Gasteiger partial charge in [0.2, 0.25) is 0 Å². The van der Waals surface area contributed by atoms with Gasteiger partial charge in [0.1, 0.15) is 5.75 Å². The van der Waals surface area contributed by atoms with Gasteiger partial charge in [-0.25, -0.2) is 0 Å². The zero-order valence-electron chi connectivity index (χ0n) is 12.2. The number of rotatable bonds is 4. The Morgan fingerprint density at radius 2 is 1.95 bits per heavy atom. The Kier molecular flexibility index (Phi) is 4.83. The van der Waals surface area contributed by atoms with E-state index in [-0.39, 0.29) is 18.1 Å². The topological polar surface area (TPSA) is 77.8 Å². The second-order valence-corrected chi connectivity index (χ2v) is 5.67. The highest BCUT2D eigenvalue weighted by Crippen LogP contribution is 2.24. The van der Waals surface area contributed by atoms with Crippen molar-refractivity contribution in [1.29, 1.82) is 0 Å². The average molecular weight is 291 g/mol. The number of aryl methyl sites for hydroxylation is 1. The van der Waals surface area contributed by atoms with E-state index < -0.39 is 5.97 Å². The number of aliphatic carboxylic acids is 1. The van der Waals surface area contributed by atoms with E-state index in [0.717, 1.165) is 18.4 Å². The molecule has 5 nitrogen and oxygen atoms in total. The largest absolute Gasteiger partial charge is 0.508 e. The maximum Gasteiger partial charge on any atom is 0.303 e. The fourth-order valence-corrected chi connectivity index (χ4v) is 2.76. The highest BCUT2D eigenvalue weighted by molar-refractivity contribution is 5.96. The van der Waals surface area contributed by atoms with E-state index in [9.17, 15) is 14.7 Å². The van der Waals surface area contributed by atoms with Gasteiger partial charge in [0, 0.05) is 25.1 Å². The third-order valence-corrected chi connectivity index (χ3v) is 4.12. The number of hydrogen-bond acceptors (Lipinski definition) is 3. The van der Waals surface area contributed by atoms with Crippen molar-refractivity contribution in [2.45, 2.75) is 32.6 Å². The average Bonchev–Trinajstić information content (AvgIpc) is 2.47. The minimum absolute atomic E-state index is 0.0555. The zero-order valence-corrected chi connectivity index (χ0v) is 12.2. The SMILES string of the molecule is Cc1ccc(O)cc1C(=O)N1CCC(CCC(=O)O)CC1. The third-order valence-electron chi connectivity index (χ3n) is 4.12. The molecule has 0 saturated carbocycles. The van der Waals surface area contributed by atoms with Crippen LogP contribution >= 0.6 is 0 Å². The van der Waals surface area contributed by atoms with E-state index in [1.165, 1.54) is 6.07 Å². The first-order chi connectivity index (χ1) is 9.97. The number of phenolic OH excluding ortho intramolecular Hbond substituents is 1. The van der Waals surface area contributed by atoms with Crippen LogP contribution in [0.3, 0.4) is 0 Å². The van der Waals surface area contributed by atoms with Gasteiger partial charge in [-0.1, -0.05) is 6.07 Å². The highest BCUT2D eigenvalue weighted by atomic mass is 16.4. The maximum absolute atomic E-state index is 12.5. The molecule has 1 aromatic rings. The first-order valence-corrected chi connectivity index (χ1v) is 7.28. The molecule has 21 heavy (non-hydrogen) atoms. The van der Waals surface area contributed by atoms with E-state index in [0.29, 0.717) is 31.0 Å². The van der Waals surface area contributed by atoms with Crippen LogP contribution in [0.25, 0.3) is 0 Å². The first kappa shape index (κ1) is 15.4. The molecule has 0 radical (unpaired) electrons. The number of likely N-dealkylation sites (tertiary alicyclic amines) is 1. The Morgan fingerprint density at radius 1 is 1.29 bits per heavy atom. The van der Waals surface area contributed by atoms with Crippen molar-refractivity contribution >= 4 is 11.9 Å². The summed E-state index contributed by atoms with van der Waals surface area (Å²) in [6.45, 7) is 3.16. The smallest absolute Gasteiger partial charge is 0.303 e. The van der Waals surface area contributed by atoms with Gasteiger partial charge < -0.3 is 15.1 Å². The van der Waals surface area contributed by atoms with Gasteiger partial charge in [0.25, 0.3) is 5.91 Å². The van der Waals surface area contributed by atoms with E-state index in [1.807, 2.05) is 6.92 Å². The number of amides is 1. The van der Waals surface area contributed by atoms with Crippen LogP contribution in [0.15, 0.2) is 18.2 Å². The highest BCUT2D eigenvalue weighted by Gasteiger charge is 2.24. The lowest BCUT2D eigenvalue weighted by Gasteiger charge is -2.32. The lowest BCUT2D eigenvalue weighted by molar-refractivity contribution is -0.137. The molecule has 1 aliphatic rings. The summed E-state index contributed by atoms with van der Waals surface area (Å²) < 4.78 is 0. The van der Waals surface area contributed by atoms with Gasteiger partial charge in [-0.3, -0.25) is 9.59 Å². The number of nitrogens with zero attached hydrogens (tertiary/aromatic N) is 1. The van der Waals surface area contributed by atoms with Crippen molar-refractivity contribution in [2.75, 3.05) is 13.1 Å². The van der Waals surface area contributed by atoms with Crippen molar-refractivity contribution < 1.29 is 19.8 Å². The molecule has 2 rings (SSSR count). The van der Waals surface area contributed by atoms with Crippen molar-refractivity contribution in [3.8, 4) is 5.75 Å². The van der Waals surface area contributed by atoms with Crippen LogP contribution in [0.5, 0.6) is 5.75 Å². The fourth-order valence-electron chi connectivity index (χ4n) is 2.76. The van der Waals surface area contributed by atoms with Gasteiger partial charge in [0.05, 0.1) is 0 Å². The number of phenols is 1. The predicted molar refractivity (Wildman–Crippen MR) is 78.3 cm³/mol. The molecule has 5 heteroatoms. The Balaban J connectivity index is 1.94. The van der Waals surface area contributed by atoms with E-state index in [2.05, 4.69) is 0 Å². The molecule has 0 spiro atoms. The number of carbonyl (C=O) groups excluding carboxylic acids is 1. The molecule has 0 aromatic heterocycles. The Labute approximate surface area is 124 Å². The van der Waals surface area contributed by atoms with Crippen molar-refractivity contribution in [2.24, 2.45) is 5.92 Å². The Hall–Kier alpha value is -2.04. The molecular weight excluding hydrogens is 270 g/mol. The summed E-state index contributed by atoms with van der Waals surface area (Å²) in [6.07, 6.45) is 2.57. The van der Waals surface area contributed by atoms with E-state index in [4.69, 9.17) is 5.11 Å². The maximum atomic E-state index is 12.5. The Morgan fingerprint density at radius 3 is 2.57 bits per heavy atom. The summed E-state index contributed by atoms with van der Waals surface area (Å²) in [6, 6.07) is 4.82. The lowest BCUT2D eigenvalue weighted by atomic mass is 9.91. The standard InChI is InChI=1S/C16H21NO4/c1-11-2-4-13(18)10-14(11)16(21)17-8-6-12(7-9-17)3-5-15(19)20/h2,4,10,12,18H,3,5-9H2,1H3,(H,19,20). The second-order valence-electron chi connectivity index (χ2n) is 5.67. The van der Waals surface area contributed by atoms with Crippen molar-refractivity contribution in [3.63, 3.8) is 0 Å². The molecule has 1 heterocycles. The zero-order chi connectivity index (χ0) is 15.4. The van der Waals surface area contributed by atoms with Crippen molar-refractivity contribution in [3.05, 3.63) is 29.3 Å². The quantitative estimate of drug-likeness (QED) is 0.893. The summed E-state index contributed by atoms with van der Waals surface area (Å²) in [5.41, 5.74) is 1.39. The summed E-state index contributed by atoms with van der Waals surface area (Å²) >= 11 is 0. The van der Waals surface area contributed by atoms with E-state index >= 15 is 0 Å². The molecule has 0 atom stereocenters. The molecule has 1 aromatic carbocycles. The molecule has 1 aliphatic heterocycles. The van der Waals surface area contributed by atoms with Gasteiger partial charge in [-0.05, 0) is 49.8 Å². The predicted octanol–water partition coefficient (Wildman–Crippen LogP) is 2.42. The molecule has 1 fully saturated rings. The minimum atomic E-state index is -0.760. The van der Waals surface area contributed by atoms with Gasteiger partial charge >= 0.3 is 5.97 Å². The molecular formula is C16H21NO4. The number of piperidine rings is 1. The molecule has 1 amide bonds. The number of carboxylic acids is 1. The molecule has 0 aliphatic carbocycles. The number of benzene rings is 1. The number of hydrogen-bond donors (Lipinski definition) is 2. The minimum Gasteiger partial charge on any atom is -0.508 e.